The van der Waals surface area contributed by atoms with Gasteiger partial charge in [-0.05, 0) is 30.4 Å². The molecule has 0 aliphatic rings. The fourth-order valence-electron chi connectivity index (χ4n) is 2.47. The minimum absolute atomic E-state index is 0.144. The number of thiophene rings is 1. The number of carbonyl (C=O) groups is 3. The van der Waals surface area contributed by atoms with Crippen LogP contribution in [0.1, 0.15) is 57.7 Å². The maximum atomic E-state index is 12.5. The highest BCUT2D eigenvalue weighted by Gasteiger charge is 2.18. The number of rotatable bonds is 10. The number of hydrogen-bond donors (Lipinski definition) is 2. The molecule has 1 amide bonds. The van der Waals surface area contributed by atoms with E-state index in [9.17, 15) is 14.4 Å². The molecule has 1 aromatic heterocycles. The zero-order valence-corrected chi connectivity index (χ0v) is 14.7. The highest BCUT2D eigenvalue weighted by molar-refractivity contribution is 7.12. The van der Waals surface area contributed by atoms with Crippen LogP contribution in [-0.4, -0.2) is 29.3 Å². The van der Waals surface area contributed by atoms with Crippen molar-refractivity contribution in [3.05, 3.63) is 57.8 Å². The topological polar surface area (TPSA) is 83.5 Å². The van der Waals surface area contributed by atoms with E-state index in [-0.39, 0.29) is 18.1 Å². The zero-order chi connectivity index (χ0) is 18.1. The van der Waals surface area contributed by atoms with Crippen molar-refractivity contribution in [2.75, 3.05) is 6.54 Å². The molecule has 0 aliphatic carbocycles. The van der Waals surface area contributed by atoms with Gasteiger partial charge in [0.15, 0.2) is 0 Å². The van der Waals surface area contributed by atoms with Crippen LogP contribution in [0, 0.1) is 0 Å². The predicted octanol–water partition coefficient (Wildman–Crippen LogP) is 3.74. The molecule has 0 bridgehead atoms. The Kier molecular flexibility index (Phi) is 7.35. The number of benzene rings is 1. The second-order valence-electron chi connectivity index (χ2n) is 5.67. The van der Waals surface area contributed by atoms with Crippen LogP contribution < -0.4 is 5.32 Å². The highest BCUT2D eigenvalue weighted by atomic mass is 32.1. The summed E-state index contributed by atoms with van der Waals surface area (Å²) in [5, 5.41) is 13.2. The molecule has 132 valence electrons. The van der Waals surface area contributed by atoms with Crippen molar-refractivity contribution >= 4 is 29.0 Å². The molecule has 0 unspecified atom stereocenters. The second-order valence-corrected chi connectivity index (χ2v) is 6.61. The van der Waals surface area contributed by atoms with Gasteiger partial charge in [0.25, 0.3) is 5.91 Å². The largest absolute Gasteiger partial charge is 0.481 e. The Balaban J connectivity index is 1.86. The Labute approximate surface area is 150 Å². The minimum Gasteiger partial charge on any atom is -0.481 e. The van der Waals surface area contributed by atoms with Crippen molar-refractivity contribution in [2.45, 2.75) is 32.1 Å². The smallest absolute Gasteiger partial charge is 0.303 e. The number of carbonyl (C=O) groups excluding carboxylic acids is 2. The lowest BCUT2D eigenvalue weighted by molar-refractivity contribution is -0.137. The molecule has 2 N–H and O–H groups in total. The van der Waals surface area contributed by atoms with E-state index in [1.807, 2.05) is 11.4 Å². The molecule has 0 saturated carbocycles. The van der Waals surface area contributed by atoms with Crippen LogP contribution in [0.15, 0.2) is 41.8 Å². The molecule has 0 aliphatic heterocycles. The van der Waals surface area contributed by atoms with Gasteiger partial charge in [-0.25, -0.2) is 0 Å². The first-order chi connectivity index (χ1) is 12.1. The summed E-state index contributed by atoms with van der Waals surface area (Å²) in [4.78, 5) is 35.9. The SMILES string of the molecule is O=C(O)CCCCCCNC(=O)c1ccccc1C(=O)c1cccs1. The van der Waals surface area contributed by atoms with Gasteiger partial charge in [0.1, 0.15) is 0 Å². The molecule has 1 heterocycles. The normalized spacial score (nSPS) is 10.4. The standard InChI is InChI=1S/C19H21NO4S/c21-17(22)11-3-1-2-6-12-20-19(24)15-9-5-4-8-14(15)18(23)16-10-7-13-25-16/h4-5,7-10,13H,1-3,6,11-12H2,(H,20,24)(H,21,22). The molecule has 0 fully saturated rings. The number of carboxylic acids is 1. The number of nitrogens with one attached hydrogen (secondary N) is 1. The molecule has 5 nitrogen and oxygen atoms in total. The quantitative estimate of drug-likeness (QED) is 0.500. The number of hydrogen-bond acceptors (Lipinski definition) is 4. The molecular weight excluding hydrogens is 338 g/mol. The van der Waals surface area contributed by atoms with E-state index in [4.69, 9.17) is 5.11 Å². The summed E-state index contributed by atoms with van der Waals surface area (Å²) in [5.41, 5.74) is 0.788. The average Bonchev–Trinajstić information content (AvgIpc) is 3.14. The Bertz CT molecular complexity index is 725. The van der Waals surface area contributed by atoms with Gasteiger partial charge >= 0.3 is 5.97 Å². The number of aliphatic carboxylic acids is 1. The van der Waals surface area contributed by atoms with Crippen LogP contribution in [0.3, 0.4) is 0 Å². The lowest BCUT2D eigenvalue weighted by Crippen LogP contribution is -2.26. The third-order valence-electron chi connectivity index (χ3n) is 3.76. The van der Waals surface area contributed by atoms with Crippen molar-refractivity contribution in [3.8, 4) is 0 Å². The second kappa shape index (κ2) is 9.74. The van der Waals surface area contributed by atoms with Crippen LogP contribution in [0.5, 0.6) is 0 Å². The first-order valence-electron chi connectivity index (χ1n) is 8.27. The van der Waals surface area contributed by atoms with Crippen LogP contribution >= 0.6 is 11.3 Å². The Hall–Kier alpha value is -2.47. The summed E-state index contributed by atoms with van der Waals surface area (Å²) < 4.78 is 0. The molecule has 25 heavy (non-hydrogen) atoms. The van der Waals surface area contributed by atoms with Crippen LogP contribution in [-0.2, 0) is 4.79 Å². The van der Waals surface area contributed by atoms with Crippen LogP contribution in [0.4, 0.5) is 0 Å². The molecule has 0 spiro atoms. The number of unbranched alkanes of at least 4 members (excludes halogenated alkanes) is 3. The third kappa shape index (κ3) is 5.83. The van der Waals surface area contributed by atoms with Gasteiger partial charge in [-0.1, -0.05) is 37.1 Å². The maximum absolute atomic E-state index is 12.5. The summed E-state index contributed by atoms with van der Waals surface area (Å²) >= 11 is 1.35. The number of ketones is 1. The van der Waals surface area contributed by atoms with Gasteiger partial charge < -0.3 is 10.4 Å². The van der Waals surface area contributed by atoms with E-state index >= 15 is 0 Å². The van der Waals surface area contributed by atoms with E-state index in [0.29, 0.717) is 29.0 Å². The molecule has 0 atom stereocenters. The van der Waals surface area contributed by atoms with Crippen molar-refractivity contribution in [2.24, 2.45) is 0 Å². The van der Waals surface area contributed by atoms with E-state index < -0.39 is 5.97 Å². The summed E-state index contributed by atoms with van der Waals surface area (Å²) in [5.74, 6) is -1.18. The lowest BCUT2D eigenvalue weighted by atomic mass is 10.0. The maximum Gasteiger partial charge on any atom is 0.303 e. The Morgan fingerprint density at radius 1 is 0.920 bits per heavy atom. The van der Waals surface area contributed by atoms with E-state index in [2.05, 4.69) is 5.32 Å². The third-order valence-corrected chi connectivity index (χ3v) is 4.63. The molecule has 2 aromatic rings. The van der Waals surface area contributed by atoms with Gasteiger partial charge in [0.05, 0.1) is 10.4 Å². The first-order valence-corrected chi connectivity index (χ1v) is 9.15. The Morgan fingerprint density at radius 3 is 2.32 bits per heavy atom. The minimum atomic E-state index is -0.777. The van der Waals surface area contributed by atoms with Gasteiger partial charge in [-0.3, -0.25) is 14.4 Å². The summed E-state index contributed by atoms with van der Waals surface area (Å²) in [7, 11) is 0. The molecule has 0 radical (unpaired) electrons. The average molecular weight is 359 g/mol. The Morgan fingerprint density at radius 2 is 1.64 bits per heavy atom. The van der Waals surface area contributed by atoms with E-state index in [1.165, 1.54) is 11.3 Å². The monoisotopic (exact) mass is 359 g/mol. The zero-order valence-electron chi connectivity index (χ0n) is 13.9. The van der Waals surface area contributed by atoms with Gasteiger partial charge in [0, 0.05) is 18.5 Å². The van der Waals surface area contributed by atoms with Gasteiger partial charge in [-0.2, -0.15) is 0 Å². The molecule has 1 aromatic carbocycles. The molecule has 6 heteroatoms. The van der Waals surface area contributed by atoms with Crippen molar-refractivity contribution in [1.82, 2.24) is 5.32 Å². The first kappa shape index (κ1) is 18.9. The van der Waals surface area contributed by atoms with Crippen LogP contribution in [0.25, 0.3) is 0 Å². The fraction of sp³-hybridized carbons (Fsp3) is 0.316. The predicted molar refractivity (Wildman–Crippen MR) is 97.2 cm³/mol. The van der Waals surface area contributed by atoms with Crippen LogP contribution in [0.2, 0.25) is 0 Å². The number of amides is 1. The molecular formula is C19H21NO4S. The van der Waals surface area contributed by atoms with E-state index in [0.717, 1.165) is 19.3 Å². The lowest BCUT2D eigenvalue weighted by Gasteiger charge is -2.09. The van der Waals surface area contributed by atoms with Gasteiger partial charge in [0.2, 0.25) is 5.78 Å². The van der Waals surface area contributed by atoms with E-state index in [1.54, 1.807) is 30.3 Å². The summed E-state index contributed by atoms with van der Waals surface area (Å²) in [6.07, 6.45) is 3.32. The summed E-state index contributed by atoms with van der Waals surface area (Å²) in [6.45, 7) is 0.507. The van der Waals surface area contributed by atoms with Crippen molar-refractivity contribution < 1.29 is 19.5 Å². The van der Waals surface area contributed by atoms with Gasteiger partial charge in [-0.15, -0.1) is 11.3 Å². The summed E-state index contributed by atoms with van der Waals surface area (Å²) in [6, 6.07) is 10.4. The highest BCUT2D eigenvalue weighted by Crippen LogP contribution is 2.18. The molecule has 0 saturated heterocycles. The number of carboxylic acid groups (broad SMARTS) is 1. The fourth-order valence-corrected chi connectivity index (χ4v) is 3.15. The van der Waals surface area contributed by atoms with Crippen molar-refractivity contribution in [3.63, 3.8) is 0 Å². The van der Waals surface area contributed by atoms with Crippen molar-refractivity contribution in [1.29, 1.82) is 0 Å². The molecule has 2 rings (SSSR count).